The van der Waals surface area contributed by atoms with Crippen LogP contribution in [0.4, 0.5) is 0 Å². The van der Waals surface area contributed by atoms with Gasteiger partial charge in [0.25, 0.3) is 5.91 Å². The first-order chi connectivity index (χ1) is 9.24. The van der Waals surface area contributed by atoms with Crippen molar-refractivity contribution in [3.63, 3.8) is 0 Å². The third kappa shape index (κ3) is 3.03. The van der Waals surface area contributed by atoms with Gasteiger partial charge < -0.3 is 15.7 Å². The summed E-state index contributed by atoms with van der Waals surface area (Å²) in [5.41, 5.74) is 0.322. The van der Waals surface area contributed by atoms with Crippen LogP contribution < -0.4 is 10.6 Å². The van der Waals surface area contributed by atoms with Gasteiger partial charge in [-0.05, 0) is 31.5 Å². The Kier molecular flexibility index (Phi) is 4.36. The Bertz CT molecular complexity index is 581. The molecule has 0 heterocycles. The molecule has 0 unspecified atom stereocenters. The third-order valence-electron chi connectivity index (χ3n) is 3.03. The Morgan fingerprint density at radius 3 is 2.74 bits per heavy atom. The molecule has 0 aliphatic carbocycles. The number of amides is 1. The van der Waals surface area contributed by atoms with Gasteiger partial charge in [0.1, 0.15) is 5.75 Å². The average molecular weight is 258 g/mol. The van der Waals surface area contributed by atoms with Crippen molar-refractivity contribution in [2.75, 3.05) is 20.1 Å². The molecule has 0 aliphatic heterocycles. The quantitative estimate of drug-likeness (QED) is 0.718. The number of hydrogen-bond donors (Lipinski definition) is 3. The van der Waals surface area contributed by atoms with Gasteiger partial charge in [-0.2, -0.15) is 0 Å². The van der Waals surface area contributed by atoms with Gasteiger partial charge in [-0.1, -0.05) is 30.3 Å². The van der Waals surface area contributed by atoms with E-state index in [-0.39, 0.29) is 11.7 Å². The molecule has 0 spiro atoms. The minimum Gasteiger partial charge on any atom is -0.506 e. The van der Waals surface area contributed by atoms with Crippen LogP contribution in [-0.4, -0.2) is 31.2 Å². The Morgan fingerprint density at radius 2 is 1.95 bits per heavy atom. The Balaban J connectivity index is 2.16. The lowest BCUT2D eigenvalue weighted by molar-refractivity contribution is 0.0951. The minimum absolute atomic E-state index is 0.0456. The molecule has 2 rings (SSSR count). The summed E-state index contributed by atoms with van der Waals surface area (Å²) in [6.45, 7) is 1.44. The monoisotopic (exact) mass is 258 g/mol. The van der Waals surface area contributed by atoms with Crippen LogP contribution in [0, 0.1) is 0 Å². The normalized spacial score (nSPS) is 10.6. The predicted molar refractivity (Wildman–Crippen MR) is 76.5 cm³/mol. The van der Waals surface area contributed by atoms with Gasteiger partial charge in [-0.3, -0.25) is 4.79 Å². The first-order valence-electron chi connectivity index (χ1n) is 6.37. The number of aromatic hydroxyl groups is 1. The summed E-state index contributed by atoms with van der Waals surface area (Å²) < 4.78 is 0. The zero-order valence-corrected chi connectivity index (χ0v) is 10.9. The van der Waals surface area contributed by atoms with E-state index in [0.29, 0.717) is 17.5 Å². The second kappa shape index (κ2) is 6.20. The lowest BCUT2D eigenvalue weighted by atomic mass is 10.0. The zero-order valence-electron chi connectivity index (χ0n) is 10.9. The van der Waals surface area contributed by atoms with Crippen molar-refractivity contribution in [1.29, 1.82) is 0 Å². The van der Waals surface area contributed by atoms with E-state index in [1.54, 1.807) is 6.07 Å². The molecule has 0 aromatic heterocycles. The van der Waals surface area contributed by atoms with Crippen molar-refractivity contribution in [3.05, 3.63) is 42.0 Å². The smallest absolute Gasteiger partial charge is 0.255 e. The maximum Gasteiger partial charge on any atom is 0.255 e. The van der Waals surface area contributed by atoms with Crippen molar-refractivity contribution >= 4 is 16.7 Å². The van der Waals surface area contributed by atoms with Crippen LogP contribution in [0.15, 0.2) is 36.4 Å². The van der Waals surface area contributed by atoms with Gasteiger partial charge >= 0.3 is 0 Å². The molecule has 2 aromatic carbocycles. The number of hydrogen-bond acceptors (Lipinski definition) is 3. The highest BCUT2D eigenvalue weighted by atomic mass is 16.3. The lowest BCUT2D eigenvalue weighted by Gasteiger charge is -2.09. The lowest BCUT2D eigenvalue weighted by Crippen LogP contribution is -2.26. The fourth-order valence-corrected chi connectivity index (χ4v) is 2.00. The molecule has 0 saturated carbocycles. The molecule has 3 N–H and O–H groups in total. The molecule has 100 valence electrons. The van der Waals surface area contributed by atoms with Crippen LogP contribution in [-0.2, 0) is 0 Å². The topological polar surface area (TPSA) is 61.4 Å². The van der Waals surface area contributed by atoms with Crippen molar-refractivity contribution < 1.29 is 9.90 Å². The van der Waals surface area contributed by atoms with E-state index in [1.807, 2.05) is 37.4 Å². The second-order valence-electron chi connectivity index (χ2n) is 4.40. The minimum atomic E-state index is -0.237. The van der Waals surface area contributed by atoms with Crippen molar-refractivity contribution in [2.45, 2.75) is 6.42 Å². The highest BCUT2D eigenvalue weighted by Crippen LogP contribution is 2.28. The average Bonchev–Trinajstić information content (AvgIpc) is 2.44. The molecule has 4 heteroatoms. The Morgan fingerprint density at radius 1 is 1.16 bits per heavy atom. The van der Waals surface area contributed by atoms with Crippen LogP contribution in [0.5, 0.6) is 5.75 Å². The largest absolute Gasteiger partial charge is 0.506 e. The molecular weight excluding hydrogens is 240 g/mol. The molecule has 0 bridgehead atoms. The van der Waals surface area contributed by atoms with Gasteiger partial charge in [0.15, 0.2) is 0 Å². The van der Waals surface area contributed by atoms with E-state index in [9.17, 15) is 9.90 Å². The molecule has 2 aromatic rings. The first-order valence-corrected chi connectivity index (χ1v) is 6.37. The SMILES string of the molecule is CNCCCNC(=O)c1ccc2ccccc2c1O. The van der Waals surface area contributed by atoms with Crippen molar-refractivity contribution in [2.24, 2.45) is 0 Å². The van der Waals surface area contributed by atoms with E-state index in [0.717, 1.165) is 18.4 Å². The molecule has 1 amide bonds. The van der Waals surface area contributed by atoms with Gasteiger partial charge in [-0.25, -0.2) is 0 Å². The summed E-state index contributed by atoms with van der Waals surface area (Å²) in [6.07, 6.45) is 0.858. The van der Waals surface area contributed by atoms with E-state index in [1.165, 1.54) is 0 Å². The standard InChI is InChI=1S/C15H18N2O2/c1-16-9-4-10-17-15(19)13-8-7-11-5-2-3-6-12(11)14(13)18/h2-3,5-8,16,18H,4,9-10H2,1H3,(H,17,19). The molecule has 0 saturated heterocycles. The molecule has 19 heavy (non-hydrogen) atoms. The number of phenolic OH excluding ortho intramolecular Hbond substituents is 1. The molecule has 0 fully saturated rings. The number of nitrogens with one attached hydrogen (secondary N) is 2. The summed E-state index contributed by atoms with van der Waals surface area (Å²) in [5, 5.41) is 17.6. The van der Waals surface area contributed by atoms with Crippen molar-refractivity contribution in [1.82, 2.24) is 10.6 Å². The highest BCUT2D eigenvalue weighted by molar-refractivity contribution is 6.03. The molecule has 0 radical (unpaired) electrons. The van der Waals surface area contributed by atoms with Gasteiger partial charge in [0, 0.05) is 11.9 Å². The first kappa shape index (κ1) is 13.4. The van der Waals surface area contributed by atoms with E-state index in [2.05, 4.69) is 10.6 Å². The molecule has 0 atom stereocenters. The molecule has 0 aliphatic rings. The van der Waals surface area contributed by atoms with E-state index in [4.69, 9.17) is 0 Å². The van der Waals surface area contributed by atoms with Crippen LogP contribution >= 0.6 is 0 Å². The van der Waals surface area contributed by atoms with Crippen LogP contribution in [0.2, 0.25) is 0 Å². The van der Waals surface area contributed by atoms with Crippen LogP contribution in [0.1, 0.15) is 16.8 Å². The number of carbonyl (C=O) groups is 1. The summed E-state index contributed by atoms with van der Waals surface area (Å²) in [5.74, 6) is -0.191. The summed E-state index contributed by atoms with van der Waals surface area (Å²) in [7, 11) is 1.87. The number of carbonyl (C=O) groups excluding carboxylic acids is 1. The number of benzene rings is 2. The van der Waals surface area contributed by atoms with E-state index < -0.39 is 0 Å². The highest BCUT2D eigenvalue weighted by Gasteiger charge is 2.12. The Hall–Kier alpha value is -2.07. The molecule has 4 nitrogen and oxygen atoms in total. The zero-order chi connectivity index (χ0) is 13.7. The summed E-state index contributed by atoms with van der Waals surface area (Å²) in [4.78, 5) is 12.0. The third-order valence-corrected chi connectivity index (χ3v) is 3.03. The van der Waals surface area contributed by atoms with Crippen molar-refractivity contribution in [3.8, 4) is 5.75 Å². The number of fused-ring (bicyclic) bond motifs is 1. The fourth-order valence-electron chi connectivity index (χ4n) is 2.00. The maximum absolute atomic E-state index is 12.0. The summed E-state index contributed by atoms with van der Waals surface area (Å²) in [6, 6.07) is 11.0. The van der Waals surface area contributed by atoms with E-state index >= 15 is 0 Å². The number of phenols is 1. The van der Waals surface area contributed by atoms with Crippen LogP contribution in [0.3, 0.4) is 0 Å². The Labute approximate surface area is 112 Å². The number of rotatable bonds is 5. The van der Waals surface area contributed by atoms with Gasteiger partial charge in [0.2, 0.25) is 0 Å². The second-order valence-corrected chi connectivity index (χ2v) is 4.40. The van der Waals surface area contributed by atoms with Gasteiger partial charge in [0.05, 0.1) is 5.56 Å². The fraction of sp³-hybridized carbons (Fsp3) is 0.267. The maximum atomic E-state index is 12.0. The summed E-state index contributed by atoms with van der Waals surface area (Å²) >= 11 is 0. The van der Waals surface area contributed by atoms with Crippen LogP contribution in [0.25, 0.3) is 10.8 Å². The molecular formula is C15H18N2O2. The van der Waals surface area contributed by atoms with Gasteiger partial charge in [-0.15, -0.1) is 0 Å². The predicted octanol–water partition coefficient (Wildman–Crippen LogP) is 1.88.